The largest absolute Gasteiger partial charge is 0.493 e. The second-order valence-electron chi connectivity index (χ2n) is 9.93. The van der Waals surface area contributed by atoms with Crippen LogP contribution in [0.3, 0.4) is 0 Å². The Hall–Kier alpha value is -3.27. The lowest BCUT2D eigenvalue weighted by Crippen LogP contribution is -2.46. The molecule has 1 atom stereocenters. The number of pyridine rings is 1. The van der Waals surface area contributed by atoms with Gasteiger partial charge in [-0.2, -0.15) is 0 Å². The molecule has 9 nitrogen and oxygen atoms in total. The molecule has 10 heteroatoms. The number of nitrogens with one attached hydrogen (secondary N) is 3. The Morgan fingerprint density at radius 1 is 1.32 bits per heavy atom. The number of carbonyl (C=O) groups excluding carboxylic acids is 1. The maximum absolute atomic E-state index is 13.2. The first-order valence-corrected chi connectivity index (χ1v) is 12.9. The monoisotopic (exact) mass is 523 g/mol. The Morgan fingerprint density at radius 2 is 2.19 bits per heavy atom. The van der Waals surface area contributed by atoms with Crippen molar-refractivity contribution < 1.29 is 19.0 Å². The fraction of sp³-hybridized carbons (Fsp3) is 0.407. The molecule has 1 spiro atoms. The van der Waals surface area contributed by atoms with Crippen LogP contribution in [0.15, 0.2) is 36.7 Å². The predicted molar refractivity (Wildman–Crippen MR) is 141 cm³/mol. The number of rotatable bonds is 7. The topological polar surface area (TPSA) is 101 Å². The molecule has 2 fully saturated rings. The molecule has 194 valence electrons. The molecule has 1 aliphatic carbocycles. The highest BCUT2D eigenvalue weighted by molar-refractivity contribution is 6.32. The number of aromatic amines is 1. The van der Waals surface area contributed by atoms with Gasteiger partial charge >= 0.3 is 0 Å². The molecule has 0 unspecified atom stereocenters. The summed E-state index contributed by atoms with van der Waals surface area (Å²) in [6.45, 7) is 3.30. The van der Waals surface area contributed by atoms with Crippen molar-refractivity contribution in [2.24, 2.45) is 0 Å². The number of likely N-dealkylation sites (N-methyl/N-ethyl adjacent to an activating group) is 1. The van der Waals surface area contributed by atoms with E-state index in [0.29, 0.717) is 53.2 Å². The summed E-state index contributed by atoms with van der Waals surface area (Å²) in [5.41, 5.74) is 4.41. The van der Waals surface area contributed by atoms with Crippen LogP contribution in [0.2, 0.25) is 5.02 Å². The lowest BCUT2D eigenvalue weighted by molar-refractivity contribution is -0.0107. The van der Waals surface area contributed by atoms with Crippen molar-refractivity contribution in [2.45, 2.75) is 24.3 Å². The molecule has 1 saturated carbocycles. The van der Waals surface area contributed by atoms with Gasteiger partial charge in [0.05, 0.1) is 60.2 Å². The summed E-state index contributed by atoms with van der Waals surface area (Å²) in [5.74, 6) is 1.02. The molecule has 37 heavy (non-hydrogen) atoms. The molecule has 2 aliphatic heterocycles. The first-order valence-electron chi connectivity index (χ1n) is 12.5. The van der Waals surface area contributed by atoms with Gasteiger partial charge in [-0.3, -0.25) is 14.7 Å². The Balaban J connectivity index is 1.44. The molecule has 1 saturated heterocycles. The van der Waals surface area contributed by atoms with E-state index in [0.717, 1.165) is 42.9 Å². The van der Waals surface area contributed by atoms with Crippen molar-refractivity contribution in [3.8, 4) is 22.8 Å². The number of carbonyl (C=O) groups is 1. The average Bonchev–Trinajstić information content (AvgIpc) is 3.59. The Bertz CT molecular complexity index is 1340. The van der Waals surface area contributed by atoms with Gasteiger partial charge in [0.2, 0.25) is 0 Å². The number of fused-ring (bicyclic) bond motifs is 2. The third-order valence-electron chi connectivity index (χ3n) is 7.64. The molecule has 0 radical (unpaired) electrons. The molecule has 3 aliphatic rings. The van der Waals surface area contributed by atoms with Crippen molar-refractivity contribution in [1.29, 1.82) is 0 Å². The first kappa shape index (κ1) is 24.1. The number of methoxy groups -OCH3 is 1. The van der Waals surface area contributed by atoms with E-state index in [2.05, 4.69) is 32.5 Å². The molecule has 1 aromatic carbocycles. The number of benzene rings is 1. The van der Waals surface area contributed by atoms with Gasteiger partial charge in [-0.1, -0.05) is 17.7 Å². The average molecular weight is 524 g/mol. The predicted octanol–water partition coefficient (Wildman–Crippen LogP) is 3.97. The van der Waals surface area contributed by atoms with Gasteiger partial charge in [0.25, 0.3) is 5.91 Å². The summed E-state index contributed by atoms with van der Waals surface area (Å²) < 4.78 is 17.5. The normalized spacial score (nSPS) is 20.3. The Labute approximate surface area is 220 Å². The van der Waals surface area contributed by atoms with E-state index in [-0.39, 0.29) is 17.4 Å². The number of para-hydroxylation sites is 1. The smallest absolute Gasteiger partial charge is 0.255 e. The zero-order valence-corrected chi connectivity index (χ0v) is 21.7. The minimum Gasteiger partial charge on any atom is -0.493 e. The third kappa shape index (κ3) is 4.31. The summed E-state index contributed by atoms with van der Waals surface area (Å²) >= 11 is 6.41. The highest BCUT2D eigenvalue weighted by Crippen LogP contribution is 2.54. The van der Waals surface area contributed by atoms with Gasteiger partial charge in [-0.05, 0) is 38.1 Å². The Morgan fingerprint density at radius 3 is 2.97 bits per heavy atom. The number of hydrogen-bond acceptors (Lipinski definition) is 7. The molecule has 3 aromatic rings. The maximum atomic E-state index is 13.2. The lowest BCUT2D eigenvalue weighted by atomic mass is 9.93. The minimum atomic E-state index is -0.115. The lowest BCUT2D eigenvalue weighted by Gasteiger charge is -2.32. The van der Waals surface area contributed by atoms with Crippen LogP contribution in [0.5, 0.6) is 11.5 Å². The summed E-state index contributed by atoms with van der Waals surface area (Å²) in [6, 6.07) is 7.55. The van der Waals surface area contributed by atoms with Gasteiger partial charge in [-0.25, -0.2) is 0 Å². The molecule has 0 bridgehead atoms. The quantitative estimate of drug-likeness (QED) is 0.431. The molecule has 6 rings (SSSR count). The number of H-pyrrole nitrogens is 1. The summed E-state index contributed by atoms with van der Waals surface area (Å²) in [5, 5.41) is 7.04. The molecular weight excluding hydrogens is 494 g/mol. The van der Waals surface area contributed by atoms with E-state index in [1.807, 2.05) is 18.2 Å². The molecule has 1 amide bonds. The van der Waals surface area contributed by atoms with Crippen molar-refractivity contribution >= 4 is 28.9 Å². The number of anilines is 2. The Kier molecular flexibility index (Phi) is 6.22. The number of hydrogen-bond donors (Lipinski definition) is 3. The van der Waals surface area contributed by atoms with E-state index in [1.54, 1.807) is 25.6 Å². The highest BCUT2D eigenvalue weighted by atomic mass is 35.5. The first-order chi connectivity index (χ1) is 18.0. The molecule has 4 heterocycles. The van der Waals surface area contributed by atoms with Crippen LogP contribution in [0.4, 0.5) is 11.4 Å². The van der Waals surface area contributed by atoms with Gasteiger partial charge in [0.1, 0.15) is 12.4 Å². The van der Waals surface area contributed by atoms with E-state index in [1.165, 1.54) is 0 Å². The van der Waals surface area contributed by atoms with Gasteiger partial charge in [0.15, 0.2) is 5.75 Å². The zero-order valence-electron chi connectivity index (χ0n) is 20.9. The minimum absolute atomic E-state index is 0.0630. The third-order valence-corrected chi connectivity index (χ3v) is 7.93. The van der Waals surface area contributed by atoms with E-state index in [9.17, 15) is 4.79 Å². The highest BCUT2D eigenvalue weighted by Gasteiger charge is 2.51. The number of nitrogens with zero attached hydrogens (tertiary/aromatic N) is 2. The standard InChI is InChI=1S/C27H30ClN5O4/c1-33-10-11-36-13-16(33)14-37-20-12-29-9-6-17(20)22-23(31-19-5-3-4-18(28)24(19)35-2)21-25(32-22)27(7-8-27)15-30-26(21)34/h3-6,9,12,16,31-32H,7-8,10-11,13-15H2,1-2H3,(H,30,34)/t16-/m1/s1. The summed E-state index contributed by atoms with van der Waals surface area (Å²) in [6.07, 6.45) is 5.49. The van der Waals surface area contributed by atoms with Gasteiger partial charge in [0, 0.05) is 36.0 Å². The SMILES string of the molecule is COc1c(Cl)cccc1Nc1c(-c2ccncc2OC[C@H]2COCCN2C)[nH]c2c1C(=O)NCC21CC1. The van der Waals surface area contributed by atoms with Crippen molar-refractivity contribution in [3.05, 3.63) is 52.9 Å². The number of aromatic nitrogens is 2. The number of halogens is 1. The van der Waals surface area contributed by atoms with Crippen LogP contribution < -0.4 is 20.1 Å². The molecule has 3 N–H and O–H groups in total. The summed E-state index contributed by atoms with van der Waals surface area (Å²) in [4.78, 5) is 23.4. The van der Waals surface area contributed by atoms with Gasteiger partial charge in [-0.15, -0.1) is 0 Å². The van der Waals surface area contributed by atoms with Crippen molar-refractivity contribution in [2.75, 3.05) is 52.4 Å². The van der Waals surface area contributed by atoms with Crippen LogP contribution in [-0.2, 0) is 10.2 Å². The van der Waals surface area contributed by atoms with Gasteiger partial charge < -0.3 is 29.8 Å². The van der Waals surface area contributed by atoms with Crippen molar-refractivity contribution in [3.63, 3.8) is 0 Å². The van der Waals surface area contributed by atoms with Crippen LogP contribution in [0.1, 0.15) is 28.9 Å². The fourth-order valence-electron chi connectivity index (χ4n) is 5.21. The van der Waals surface area contributed by atoms with E-state index in [4.69, 9.17) is 25.8 Å². The summed E-state index contributed by atoms with van der Waals surface area (Å²) in [7, 11) is 3.65. The molecular formula is C27H30ClN5O4. The van der Waals surface area contributed by atoms with Crippen LogP contribution in [0, 0.1) is 0 Å². The fourth-order valence-corrected chi connectivity index (χ4v) is 5.46. The van der Waals surface area contributed by atoms with Crippen molar-refractivity contribution in [1.82, 2.24) is 20.2 Å². The second kappa shape index (κ2) is 9.55. The molecule has 2 aromatic heterocycles. The number of morpholine rings is 1. The number of ether oxygens (including phenoxy) is 3. The second-order valence-corrected chi connectivity index (χ2v) is 10.3. The van der Waals surface area contributed by atoms with Crippen LogP contribution >= 0.6 is 11.6 Å². The maximum Gasteiger partial charge on any atom is 0.255 e. The zero-order chi connectivity index (χ0) is 25.6. The van der Waals surface area contributed by atoms with Crippen LogP contribution in [-0.4, -0.2) is 73.9 Å². The van der Waals surface area contributed by atoms with E-state index < -0.39 is 0 Å². The number of amides is 1. The van der Waals surface area contributed by atoms with Crippen LogP contribution in [0.25, 0.3) is 11.3 Å². The van der Waals surface area contributed by atoms with E-state index >= 15 is 0 Å².